The van der Waals surface area contributed by atoms with E-state index in [0.717, 1.165) is 28.8 Å². The van der Waals surface area contributed by atoms with Gasteiger partial charge in [0.05, 0.1) is 21.1 Å². The van der Waals surface area contributed by atoms with Gasteiger partial charge in [-0.2, -0.15) is 0 Å². The van der Waals surface area contributed by atoms with E-state index < -0.39 is 9.84 Å². The Labute approximate surface area is 191 Å². The lowest BCUT2D eigenvalue weighted by molar-refractivity contribution is 0.480. The Kier molecular flexibility index (Phi) is 5.73. The molecule has 0 aliphatic rings. The van der Waals surface area contributed by atoms with Crippen LogP contribution >= 0.6 is 23.2 Å². The van der Waals surface area contributed by atoms with Crippen LogP contribution in [0.5, 0.6) is 11.5 Å². The first kappa shape index (κ1) is 21.7. The Morgan fingerprint density at radius 3 is 2.42 bits per heavy atom. The van der Waals surface area contributed by atoms with Gasteiger partial charge in [0.25, 0.3) is 0 Å². The first-order valence-electron chi connectivity index (χ1n) is 9.59. The molecule has 0 fully saturated rings. The molecule has 0 spiro atoms. The average molecular weight is 475 g/mol. The van der Waals surface area contributed by atoms with Crippen LogP contribution in [0.15, 0.2) is 65.6 Å². The zero-order valence-corrected chi connectivity index (χ0v) is 19.5. The van der Waals surface area contributed by atoms with Gasteiger partial charge >= 0.3 is 0 Å². The van der Waals surface area contributed by atoms with Gasteiger partial charge in [0.15, 0.2) is 9.84 Å². The number of imidazole rings is 1. The van der Waals surface area contributed by atoms with Crippen molar-refractivity contribution in [1.82, 2.24) is 9.55 Å². The normalized spacial score (nSPS) is 11.9. The summed E-state index contributed by atoms with van der Waals surface area (Å²) in [5.74, 6) is 1.92. The molecule has 0 radical (unpaired) electrons. The fourth-order valence-corrected chi connectivity index (χ4v) is 4.55. The third-order valence-electron chi connectivity index (χ3n) is 4.76. The van der Waals surface area contributed by atoms with Crippen LogP contribution in [0, 0.1) is 0 Å². The van der Waals surface area contributed by atoms with Crippen molar-refractivity contribution in [2.75, 3.05) is 6.26 Å². The highest BCUT2D eigenvalue weighted by molar-refractivity contribution is 7.90. The molecule has 0 amide bonds. The van der Waals surface area contributed by atoms with Crippen LogP contribution in [-0.2, 0) is 9.84 Å². The molecule has 0 saturated heterocycles. The molecule has 1 heterocycles. The van der Waals surface area contributed by atoms with Crippen LogP contribution in [0.1, 0.15) is 25.6 Å². The highest BCUT2D eigenvalue weighted by Gasteiger charge is 2.17. The summed E-state index contributed by atoms with van der Waals surface area (Å²) in [4.78, 5) is 4.86. The van der Waals surface area contributed by atoms with Crippen LogP contribution in [0.3, 0.4) is 0 Å². The van der Waals surface area contributed by atoms with Gasteiger partial charge in [-0.25, -0.2) is 13.4 Å². The van der Waals surface area contributed by atoms with E-state index in [-0.39, 0.29) is 15.8 Å². The average Bonchev–Trinajstić information content (AvgIpc) is 3.08. The number of benzene rings is 3. The molecule has 8 heteroatoms. The Hall–Kier alpha value is -2.54. The SMILES string of the molecule is CC(C)c1nc2c(Cl)cccc2n1-c1cccc(Oc2cc(Cl)cc(S(C)(=O)=O)c2)c1. The molecular weight excluding hydrogens is 455 g/mol. The molecule has 0 bridgehead atoms. The Morgan fingerprint density at radius 1 is 0.968 bits per heavy atom. The number of rotatable bonds is 5. The van der Waals surface area contributed by atoms with Gasteiger partial charge in [-0.15, -0.1) is 0 Å². The fraction of sp³-hybridized carbons (Fsp3) is 0.174. The highest BCUT2D eigenvalue weighted by Crippen LogP contribution is 2.33. The van der Waals surface area contributed by atoms with E-state index in [9.17, 15) is 8.42 Å². The molecule has 1 aromatic heterocycles. The van der Waals surface area contributed by atoms with Gasteiger partial charge < -0.3 is 4.74 Å². The summed E-state index contributed by atoms with van der Waals surface area (Å²) in [7, 11) is -3.42. The molecule has 4 aromatic rings. The van der Waals surface area contributed by atoms with Crippen LogP contribution < -0.4 is 4.74 Å². The predicted molar refractivity (Wildman–Crippen MR) is 125 cm³/mol. The summed E-state index contributed by atoms with van der Waals surface area (Å²) in [6, 6.07) is 17.6. The van der Waals surface area contributed by atoms with Gasteiger partial charge in [-0.3, -0.25) is 4.57 Å². The molecule has 5 nitrogen and oxygen atoms in total. The van der Waals surface area contributed by atoms with Crippen molar-refractivity contribution in [2.45, 2.75) is 24.7 Å². The lowest BCUT2D eigenvalue weighted by Gasteiger charge is -2.14. The van der Waals surface area contributed by atoms with Crippen molar-refractivity contribution >= 4 is 44.1 Å². The third kappa shape index (κ3) is 4.42. The molecular formula is C23H20Cl2N2O3S. The van der Waals surface area contributed by atoms with Crippen molar-refractivity contribution < 1.29 is 13.2 Å². The second-order valence-corrected chi connectivity index (χ2v) is 10.4. The van der Waals surface area contributed by atoms with Gasteiger partial charge in [0.1, 0.15) is 22.8 Å². The van der Waals surface area contributed by atoms with Crippen LogP contribution in [0.25, 0.3) is 16.7 Å². The van der Waals surface area contributed by atoms with Gasteiger partial charge in [0, 0.05) is 23.3 Å². The molecule has 3 aromatic carbocycles. The topological polar surface area (TPSA) is 61.2 Å². The maximum Gasteiger partial charge on any atom is 0.175 e. The summed E-state index contributed by atoms with van der Waals surface area (Å²) in [6.45, 7) is 4.15. The summed E-state index contributed by atoms with van der Waals surface area (Å²) in [5.41, 5.74) is 2.50. The highest BCUT2D eigenvalue weighted by atomic mass is 35.5. The van der Waals surface area contributed by atoms with E-state index in [1.807, 2.05) is 36.4 Å². The standard InChI is InChI=1S/C23H20Cl2N2O3S/c1-14(2)23-26-22-20(25)8-5-9-21(22)27(23)16-6-4-7-17(12-16)30-18-10-15(24)11-19(13-18)31(3,28)29/h4-14H,1-3H3. The minimum Gasteiger partial charge on any atom is -0.457 e. The predicted octanol–water partition coefficient (Wildman–Crippen LogP) is 6.65. The molecule has 0 saturated carbocycles. The number of halogens is 2. The summed E-state index contributed by atoms with van der Waals surface area (Å²) >= 11 is 12.5. The molecule has 31 heavy (non-hydrogen) atoms. The number of nitrogens with zero attached hydrogens (tertiary/aromatic N) is 2. The quantitative estimate of drug-likeness (QED) is 0.324. The van der Waals surface area contributed by atoms with Crippen molar-refractivity contribution in [3.8, 4) is 17.2 Å². The second kappa shape index (κ2) is 8.19. The Morgan fingerprint density at radius 2 is 1.71 bits per heavy atom. The first-order valence-corrected chi connectivity index (χ1v) is 12.2. The summed E-state index contributed by atoms with van der Waals surface area (Å²) in [6.07, 6.45) is 1.13. The van der Waals surface area contributed by atoms with Crippen molar-refractivity contribution in [3.63, 3.8) is 0 Å². The number of hydrogen-bond donors (Lipinski definition) is 0. The van der Waals surface area contributed by atoms with Gasteiger partial charge in [0.2, 0.25) is 0 Å². The minimum atomic E-state index is -3.42. The van der Waals surface area contributed by atoms with Crippen LogP contribution in [0.4, 0.5) is 0 Å². The largest absolute Gasteiger partial charge is 0.457 e. The van der Waals surface area contributed by atoms with Gasteiger partial charge in [-0.1, -0.05) is 49.2 Å². The van der Waals surface area contributed by atoms with Crippen molar-refractivity contribution in [3.05, 3.63) is 76.5 Å². The van der Waals surface area contributed by atoms with E-state index >= 15 is 0 Å². The Balaban J connectivity index is 1.80. The Bertz CT molecular complexity index is 1400. The molecule has 0 atom stereocenters. The fourth-order valence-electron chi connectivity index (χ4n) is 3.37. The number of sulfone groups is 1. The summed E-state index contributed by atoms with van der Waals surface area (Å²) < 4.78 is 31.8. The molecule has 0 unspecified atom stereocenters. The van der Waals surface area contributed by atoms with E-state index in [0.29, 0.717) is 16.5 Å². The maximum atomic E-state index is 11.9. The van der Waals surface area contributed by atoms with Crippen LogP contribution in [-0.4, -0.2) is 24.2 Å². The van der Waals surface area contributed by atoms with E-state index in [4.69, 9.17) is 32.9 Å². The number of aromatic nitrogens is 2. The van der Waals surface area contributed by atoms with E-state index in [1.54, 1.807) is 12.1 Å². The van der Waals surface area contributed by atoms with E-state index in [1.165, 1.54) is 12.1 Å². The zero-order chi connectivity index (χ0) is 22.3. The van der Waals surface area contributed by atoms with Gasteiger partial charge in [-0.05, 0) is 42.5 Å². The van der Waals surface area contributed by atoms with Crippen LogP contribution in [0.2, 0.25) is 10.0 Å². The van der Waals surface area contributed by atoms with E-state index in [2.05, 4.69) is 18.4 Å². The minimum absolute atomic E-state index is 0.100. The molecule has 0 aliphatic carbocycles. The number of ether oxygens (including phenoxy) is 1. The number of para-hydroxylation sites is 1. The molecule has 0 N–H and O–H groups in total. The number of fused-ring (bicyclic) bond motifs is 1. The molecule has 0 aliphatic heterocycles. The second-order valence-electron chi connectivity index (χ2n) is 7.56. The molecule has 160 valence electrons. The first-order chi connectivity index (χ1) is 14.6. The number of hydrogen-bond acceptors (Lipinski definition) is 4. The third-order valence-corrected chi connectivity index (χ3v) is 6.38. The smallest absolute Gasteiger partial charge is 0.175 e. The lowest BCUT2D eigenvalue weighted by atomic mass is 10.2. The monoisotopic (exact) mass is 474 g/mol. The maximum absolute atomic E-state index is 11.9. The lowest BCUT2D eigenvalue weighted by Crippen LogP contribution is -2.03. The zero-order valence-electron chi connectivity index (χ0n) is 17.1. The summed E-state index contributed by atoms with van der Waals surface area (Å²) in [5, 5.41) is 0.879. The van der Waals surface area contributed by atoms with Crippen molar-refractivity contribution in [2.24, 2.45) is 0 Å². The molecule has 4 rings (SSSR count). The van der Waals surface area contributed by atoms with Crippen molar-refractivity contribution in [1.29, 1.82) is 0 Å².